The predicted octanol–water partition coefficient (Wildman–Crippen LogP) is 0.736. The Morgan fingerprint density at radius 1 is 1.50 bits per heavy atom. The SMILES string of the molecule is CC(C)(N)c1nnc(CCS)o1. The van der Waals surface area contributed by atoms with Crippen molar-refractivity contribution in [2.75, 3.05) is 5.75 Å². The lowest BCUT2D eigenvalue weighted by atomic mass is 10.1. The van der Waals surface area contributed by atoms with Crippen molar-refractivity contribution in [2.24, 2.45) is 5.73 Å². The van der Waals surface area contributed by atoms with E-state index >= 15 is 0 Å². The molecule has 4 nitrogen and oxygen atoms in total. The molecular weight excluding hydrogens is 174 g/mol. The van der Waals surface area contributed by atoms with E-state index < -0.39 is 5.54 Å². The van der Waals surface area contributed by atoms with E-state index in [4.69, 9.17) is 10.2 Å². The van der Waals surface area contributed by atoms with Gasteiger partial charge in [-0.1, -0.05) is 0 Å². The average Bonchev–Trinajstić information content (AvgIpc) is 2.35. The van der Waals surface area contributed by atoms with E-state index in [1.807, 2.05) is 13.8 Å². The molecular formula is C7H13N3OS. The van der Waals surface area contributed by atoms with Crippen molar-refractivity contribution >= 4 is 12.6 Å². The van der Waals surface area contributed by atoms with Crippen LogP contribution in [0.25, 0.3) is 0 Å². The summed E-state index contributed by atoms with van der Waals surface area (Å²) in [5.41, 5.74) is 5.20. The lowest BCUT2D eigenvalue weighted by molar-refractivity contribution is 0.361. The number of hydrogen-bond acceptors (Lipinski definition) is 5. The van der Waals surface area contributed by atoms with E-state index in [-0.39, 0.29) is 0 Å². The zero-order chi connectivity index (χ0) is 9.19. The Hall–Kier alpha value is -0.550. The maximum atomic E-state index is 5.75. The van der Waals surface area contributed by atoms with Crippen LogP contribution in [0.3, 0.4) is 0 Å². The summed E-state index contributed by atoms with van der Waals surface area (Å²) in [7, 11) is 0. The standard InChI is InChI=1S/C7H13N3OS/c1-7(2,8)6-10-9-5(11-6)3-4-12/h12H,3-4,8H2,1-2H3. The minimum atomic E-state index is -0.554. The molecule has 0 atom stereocenters. The van der Waals surface area contributed by atoms with Crippen molar-refractivity contribution < 1.29 is 4.42 Å². The summed E-state index contributed by atoms with van der Waals surface area (Å²) < 4.78 is 5.29. The van der Waals surface area contributed by atoms with Gasteiger partial charge in [0.05, 0.1) is 5.54 Å². The van der Waals surface area contributed by atoms with Crippen molar-refractivity contribution in [3.05, 3.63) is 11.8 Å². The minimum Gasteiger partial charge on any atom is -0.423 e. The third-order valence-corrected chi connectivity index (χ3v) is 1.57. The molecule has 1 aromatic rings. The highest BCUT2D eigenvalue weighted by Crippen LogP contribution is 2.14. The first kappa shape index (κ1) is 9.54. The number of aryl methyl sites for hydroxylation is 1. The third-order valence-electron chi connectivity index (χ3n) is 1.34. The van der Waals surface area contributed by atoms with Crippen molar-refractivity contribution in [3.8, 4) is 0 Å². The van der Waals surface area contributed by atoms with Crippen LogP contribution >= 0.6 is 12.6 Å². The van der Waals surface area contributed by atoms with Gasteiger partial charge >= 0.3 is 0 Å². The maximum Gasteiger partial charge on any atom is 0.235 e. The molecule has 0 unspecified atom stereocenters. The number of hydrogen-bond donors (Lipinski definition) is 2. The van der Waals surface area contributed by atoms with Gasteiger partial charge in [0.15, 0.2) is 0 Å². The Bertz CT molecular complexity index is 253. The number of thiol groups is 1. The zero-order valence-corrected chi connectivity index (χ0v) is 8.14. The summed E-state index contributed by atoms with van der Waals surface area (Å²) in [6.45, 7) is 3.65. The van der Waals surface area contributed by atoms with Crippen molar-refractivity contribution in [1.82, 2.24) is 10.2 Å². The fourth-order valence-corrected chi connectivity index (χ4v) is 0.902. The molecule has 0 aliphatic carbocycles. The van der Waals surface area contributed by atoms with Crippen LogP contribution in [-0.4, -0.2) is 16.0 Å². The fourth-order valence-electron chi connectivity index (χ4n) is 0.711. The Balaban J connectivity index is 2.77. The summed E-state index contributed by atoms with van der Waals surface area (Å²) in [5.74, 6) is 1.77. The van der Waals surface area contributed by atoms with E-state index in [9.17, 15) is 0 Å². The third kappa shape index (κ3) is 2.22. The summed E-state index contributed by atoms with van der Waals surface area (Å²) in [5, 5.41) is 7.66. The van der Waals surface area contributed by atoms with E-state index in [0.717, 1.165) is 0 Å². The molecule has 12 heavy (non-hydrogen) atoms. The van der Waals surface area contributed by atoms with Gasteiger partial charge in [0, 0.05) is 6.42 Å². The molecule has 68 valence electrons. The first-order chi connectivity index (χ1) is 5.54. The molecule has 0 aliphatic heterocycles. The van der Waals surface area contributed by atoms with E-state index in [2.05, 4.69) is 22.8 Å². The molecule has 0 amide bonds. The lowest BCUT2D eigenvalue weighted by Crippen LogP contribution is -2.29. The first-order valence-electron chi connectivity index (χ1n) is 3.76. The van der Waals surface area contributed by atoms with E-state index in [1.165, 1.54) is 0 Å². The second-order valence-corrected chi connectivity index (χ2v) is 3.64. The molecule has 0 spiro atoms. The smallest absolute Gasteiger partial charge is 0.235 e. The second-order valence-electron chi connectivity index (χ2n) is 3.20. The normalized spacial score (nSPS) is 12.0. The predicted molar refractivity (Wildman–Crippen MR) is 49.1 cm³/mol. The first-order valence-corrected chi connectivity index (χ1v) is 4.40. The van der Waals surface area contributed by atoms with Gasteiger partial charge in [0.2, 0.25) is 11.8 Å². The van der Waals surface area contributed by atoms with Crippen molar-refractivity contribution in [3.63, 3.8) is 0 Å². The van der Waals surface area contributed by atoms with Crippen LogP contribution in [0.2, 0.25) is 0 Å². The number of aromatic nitrogens is 2. The maximum absolute atomic E-state index is 5.75. The van der Waals surface area contributed by atoms with Crippen LogP contribution in [0.5, 0.6) is 0 Å². The molecule has 1 aromatic heterocycles. The van der Waals surface area contributed by atoms with Crippen LogP contribution in [0.1, 0.15) is 25.6 Å². The Labute approximate surface area is 77.0 Å². The van der Waals surface area contributed by atoms with Gasteiger partial charge in [0.25, 0.3) is 0 Å². The number of nitrogens with zero attached hydrogens (tertiary/aromatic N) is 2. The number of nitrogens with two attached hydrogens (primary N) is 1. The van der Waals surface area contributed by atoms with E-state index in [0.29, 0.717) is 24.0 Å². The fraction of sp³-hybridized carbons (Fsp3) is 0.714. The summed E-state index contributed by atoms with van der Waals surface area (Å²) in [6.07, 6.45) is 0.687. The van der Waals surface area contributed by atoms with Crippen LogP contribution in [0, 0.1) is 0 Å². The van der Waals surface area contributed by atoms with Gasteiger partial charge in [-0.15, -0.1) is 10.2 Å². The van der Waals surface area contributed by atoms with Gasteiger partial charge in [0.1, 0.15) is 0 Å². The van der Waals surface area contributed by atoms with Gasteiger partial charge in [-0.05, 0) is 19.6 Å². The van der Waals surface area contributed by atoms with E-state index in [1.54, 1.807) is 0 Å². The Kier molecular flexibility index (Phi) is 2.74. The van der Waals surface area contributed by atoms with Crippen molar-refractivity contribution in [2.45, 2.75) is 25.8 Å². The molecule has 0 aromatic carbocycles. The van der Waals surface area contributed by atoms with Crippen molar-refractivity contribution in [1.29, 1.82) is 0 Å². The van der Waals surface area contributed by atoms with Gasteiger partial charge in [-0.2, -0.15) is 12.6 Å². The number of rotatable bonds is 3. The van der Waals surface area contributed by atoms with Crippen LogP contribution in [0.15, 0.2) is 4.42 Å². The summed E-state index contributed by atoms with van der Waals surface area (Å²) >= 11 is 4.05. The van der Waals surface area contributed by atoms with Gasteiger partial charge in [-0.3, -0.25) is 0 Å². The molecule has 1 rings (SSSR count). The lowest BCUT2D eigenvalue weighted by Gasteiger charge is -2.11. The summed E-state index contributed by atoms with van der Waals surface area (Å²) in [6, 6.07) is 0. The van der Waals surface area contributed by atoms with Crippen LogP contribution in [-0.2, 0) is 12.0 Å². The van der Waals surface area contributed by atoms with Crippen LogP contribution < -0.4 is 5.73 Å². The molecule has 0 aliphatic rings. The average molecular weight is 187 g/mol. The van der Waals surface area contributed by atoms with Gasteiger partial charge in [-0.25, -0.2) is 0 Å². The highest BCUT2D eigenvalue weighted by atomic mass is 32.1. The molecule has 0 bridgehead atoms. The Morgan fingerprint density at radius 2 is 2.17 bits per heavy atom. The zero-order valence-electron chi connectivity index (χ0n) is 7.24. The molecule has 1 heterocycles. The minimum absolute atomic E-state index is 0.472. The monoisotopic (exact) mass is 187 g/mol. The highest BCUT2D eigenvalue weighted by molar-refractivity contribution is 7.80. The topological polar surface area (TPSA) is 64.9 Å². The Morgan fingerprint density at radius 3 is 2.58 bits per heavy atom. The second kappa shape index (κ2) is 3.45. The summed E-state index contributed by atoms with van der Waals surface area (Å²) in [4.78, 5) is 0. The quantitative estimate of drug-likeness (QED) is 0.685. The molecule has 5 heteroatoms. The highest BCUT2D eigenvalue weighted by Gasteiger charge is 2.21. The molecule has 0 radical (unpaired) electrons. The van der Waals surface area contributed by atoms with Gasteiger partial charge < -0.3 is 10.2 Å². The molecule has 0 saturated heterocycles. The molecule has 0 fully saturated rings. The van der Waals surface area contributed by atoms with Crippen LogP contribution in [0.4, 0.5) is 0 Å². The largest absolute Gasteiger partial charge is 0.423 e. The molecule has 0 saturated carbocycles. The molecule has 2 N–H and O–H groups in total.